The summed E-state index contributed by atoms with van der Waals surface area (Å²) in [6.07, 6.45) is 0.235. The zero-order valence-corrected chi connectivity index (χ0v) is 22.2. The molecule has 3 saturated carbocycles. The number of rotatable bonds is 6. The Morgan fingerprint density at radius 1 is 1.19 bits per heavy atom. The van der Waals surface area contributed by atoms with Gasteiger partial charge in [-0.15, -0.1) is 11.8 Å². The Kier molecular flexibility index (Phi) is 7.56. The molecule has 11 heteroatoms. The zero-order chi connectivity index (χ0) is 26.5. The molecule has 36 heavy (non-hydrogen) atoms. The highest BCUT2D eigenvalue weighted by Crippen LogP contribution is 2.69. The van der Waals surface area contributed by atoms with Crippen LogP contribution in [0.5, 0.6) is 0 Å². The fourth-order valence-electron chi connectivity index (χ4n) is 7.91. The first-order valence-electron chi connectivity index (χ1n) is 12.2. The highest BCUT2D eigenvalue weighted by atomic mass is 35.5. The average molecular weight is 553 g/mol. The predicted octanol–water partition coefficient (Wildman–Crippen LogP) is 5.42. The normalized spacial score (nSPS) is 40.0. The third-order valence-corrected chi connectivity index (χ3v) is 9.89. The molecule has 0 N–H and O–H groups in total. The standard InChI is InChI=1S/C25H32ClF3O6S/c1-22-8-6-15(30)10-14(22)4-5-16-17-7-9-24(34-13-36-3,20(31)33-12-26)23(17,2)11-18(19(16)22)35-21(32)25(27,28)29/h10,16-19H,4-9,11-13H2,1-3H3/t16-,17-,18?,19-,22-,23-,24?/m0/s1. The fraction of sp³-hybridized carbons (Fsp3) is 0.800. The molecule has 202 valence electrons. The molecular formula is C25H32ClF3O6S. The summed E-state index contributed by atoms with van der Waals surface area (Å²) in [5.74, 6) is -3.26. The zero-order valence-electron chi connectivity index (χ0n) is 20.6. The third kappa shape index (κ3) is 4.28. The molecule has 3 fully saturated rings. The summed E-state index contributed by atoms with van der Waals surface area (Å²) < 4.78 is 56.8. The SMILES string of the molecule is CSCOC1(C(=O)OCCl)CC[C@H]2[C@@H]3CCC4=CC(=O)CC[C@]4(C)[C@@H]3C(OC(=O)C(F)(F)F)C[C@@]21C. The van der Waals surface area contributed by atoms with Gasteiger partial charge in [0.15, 0.2) is 17.5 Å². The minimum atomic E-state index is -5.15. The second kappa shape index (κ2) is 9.80. The summed E-state index contributed by atoms with van der Waals surface area (Å²) in [6, 6.07) is -0.372. The maximum atomic E-state index is 13.4. The molecule has 4 rings (SSSR count). The minimum Gasteiger partial charge on any atom is -0.455 e. The smallest absolute Gasteiger partial charge is 0.455 e. The molecule has 4 aliphatic carbocycles. The third-order valence-electron chi connectivity index (χ3n) is 9.42. The molecule has 0 heterocycles. The predicted molar refractivity (Wildman–Crippen MR) is 127 cm³/mol. The van der Waals surface area contributed by atoms with E-state index in [1.807, 2.05) is 20.1 Å². The number of carbonyl (C=O) groups excluding carboxylic acids is 3. The number of esters is 2. The number of hydrogen-bond donors (Lipinski definition) is 0. The largest absolute Gasteiger partial charge is 0.490 e. The summed E-state index contributed by atoms with van der Waals surface area (Å²) in [7, 11) is 0. The second-order valence-corrected chi connectivity index (χ2v) is 11.9. The summed E-state index contributed by atoms with van der Waals surface area (Å²) >= 11 is 7.10. The van der Waals surface area contributed by atoms with Crippen LogP contribution in [0, 0.1) is 28.6 Å². The topological polar surface area (TPSA) is 78.9 Å². The lowest BCUT2D eigenvalue weighted by molar-refractivity contribution is -0.231. The van der Waals surface area contributed by atoms with Crippen LogP contribution in [0.4, 0.5) is 13.2 Å². The molecule has 0 aromatic carbocycles. The Labute approximate surface area is 218 Å². The maximum absolute atomic E-state index is 13.4. The number of ketones is 1. The van der Waals surface area contributed by atoms with Crippen molar-refractivity contribution in [2.45, 2.75) is 76.7 Å². The first kappa shape index (κ1) is 27.8. The van der Waals surface area contributed by atoms with Crippen LogP contribution < -0.4 is 0 Å². The van der Waals surface area contributed by atoms with Gasteiger partial charge in [0.1, 0.15) is 6.10 Å². The van der Waals surface area contributed by atoms with Crippen LogP contribution in [0.15, 0.2) is 11.6 Å². The van der Waals surface area contributed by atoms with Gasteiger partial charge in [-0.25, -0.2) is 9.59 Å². The first-order chi connectivity index (χ1) is 16.8. The van der Waals surface area contributed by atoms with Gasteiger partial charge in [0, 0.05) is 17.8 Å². The van der Waals surface area contributed by atoms with Crippen LogP contribution >= 0.6 is 23.4 Å². The molecule has 0 radical (unpaired) electrons. The van der Waals surface area contributed by atoms with Crippen LogP contribution in [0.1, 0.15) is 58.8 Å². The van der Waals surface area contributed by atoms with Crippen LogP contribution in [-0.4, -0.2) is 53.9 Å². The summed E-state index contributed by atoms with van der Waals surface area (Å²) in [5, 5.41) is 0. The molecule has 0 bridgehead atoms. The minimum absolute atomic E-state index is 0.0135. The first-order valence-corrected chi connectivity index (χ1v) is 14.1. The van der Waals surface area contributed by atoms with Crippen molar-refractivity contribution in [1.82, 2.24) is 0 Å². The number of fused-ring (bicyclic) bond motifs is 5. The quantitative estimate of drug-likeness (QED) is 0.247. The van der Waals surface area contributed by atoms with E-state index in [2.05, 4.69) is 0 Å². The van der Waals surface area contributed by atoms with Gasteiger partial charge in [-0.05, 0) is 68.1 Å². The van der Waals surface area contributed by atoms with Gasteiger partial charge in [-0.1, -0.05) is 31.0 Å². The number of hydrogen-bond acceptors (Lipinski definition) is 7. The van der Waals surface area contributed by atoms with Crippen molar-refractivity contribution in [1.29, 1.82) is 0 Å². The van der Waals surface area contributed by atoms with Crippen LogP contribution in [-0.2, 0) is 28.6 Å². The molecule has 2 unspecified atom stereocenters. The number of carbonyl (C=O) groups is 3. The van der Waals surface area contributed by atoms with Crippen molar-refractivity contribution in [2.75, 3.05) is 18.3 Å². The van der Waals surface area contributed by atoms with E-state index < -0.39 is 46.6 Å². The molecule has 6 nitrogen and oxygen atoms in total. The van der Waals surface area contributed by atoms with E-state index in [0.29, 0.717) is 38.5 Å². The molecule has 0 aliphatic heterocycles. The molecule has 0 amide bonds. The Morgan fingerprint density at radius 2 is 1.92 bits per heavy atom. The van der Waals surface area contributed by atoms with Crippen LogP contribution in [0.3, 0.4) is 0 Å². The molecule has 7 atom stereocenters. The van der Waals surface area contributed by atoms with Gasteiger partial charge in [0.2, 0.25) is 0 Å². The average Bonchev–Trinajstić information content (AvgIpc) is 3.10. The van der Waals surface area contributed by atoms with Crippen molar-refractivity contribution in [3.8, 4) is 0 Å². The van der Waals surface area contributed by atoms with Gasteiger partial charge >= 0.3 is 18.1 Å². The Morgan fingerprint density at radius 3 is 2.56 bits per heavy atom. The molecule has 0 saturated heterocycles. The summed E-state index contributed by atoms with van der Waals surface area (Å²) in [4.78, 5) is 37.6. The van der Waals surface area contributed by atoms with Gasteiger partial charge in [-0.2, -0.15) is 13.2 Å². The molecule has 0 aromatic rings. The molecular weight excluding hydrogens is 521 g/mol. The van der Waals surface area contributed by atoms with E-state index in [4.69, 9.17) is 25.8 Å². The number of ether oxygens (including phenoxy) is 3. The second-order valence-electron chi connectivity index (χ2n) is 10.9. The number of alkyl halides is 4. The van der Waals surface area contributed by atoms with Gasteiger partial charge < -0.3 is 14.2 Å². The van der Waals surface area contributed by atoms with E-state index in [1.165, 1.54) is 11.8 Å². The molecule has 0 aromatic heterocycles. The van der Waals surface area contributed by atoms with E-state index in [1.54, 1.807) is 6.08 Å². The number of thioether (sulfide) groups is 1. The maximum Gasteiger partial charge on any atom is 0.490 e. The fourth-order valence-corrected chi connectivity index (χ4v) is 8.33. The lowest BCUT2D eigenvalue weighted by Crippen LogP contribution is -2.63. The highest BCUT2D eigenvalue weighted by Gasteiger charge is 2.71. The molecule has 4 aliphatic rings. The highest BCUT2D eigenvalue weighted by molar-refractivity contribution is 7.98. The number of allylic oxidation sites excluding steroid dienone is 1. The number of halogens is 4. The van der Waals surface area contributed by atoms with Crippen molar-refractivity contribution in [3.63, 3.8) is 0 Å². The van der Waals surface area contributed by atoms with Crippen molar-refractivity contribution < 1.29 is 41.8 Å². The van der Waals surface area contributed by atoms with Crippen molar-refractivity contribution in [2.24, 2.45) is 28.6 Å². The van der Waals surface area contributed by atoms with Gasteiger partial charge in [0.25, 0.3) is 0 Å². The monoisotopic (exact) mass is 552 g/mol. The molecule has 0 spiro atoms. The van der Waals surface area contributed by atoms with Crippen molar-refractivity contribution >= 4 is 41.1 Å². The van der Waals surface area contributed by atoms with E-state index in [9.17, 15) is 27.6 Å². The summed E-state index contributed by atoms with van der Waals surface area (Å²) in [5.41, 5.74) is -2.01. The van der Waals surface area contributed by atoms with E-state index in [-0.39, 0.29) is 36.0 Å². The summed E-state index contributed by atoms with van der Waals surface area (Å²) in [6.45, 7) is 3.83. The Hall–Kier alpha value is -1.26. The van der Waals surface area contributed by atoms with E-state index >= 15 is 0 Å². The van der Waals surface area contributed by atoms with Gasteiger partial charge in [-0.3, -0.25) is 4.79 Å². The van der Waals surface area contributed by atoms with Crippen LogP contribution in [0.2, 0.25) is 0 Å². The van der Waals surface area contributed by atoms with Gasteiger partial charge in [0.05, 0.1) is 5.94 Å². The Bertz CT molecular complexity index is 957. The Balaban J connectivity index is 1.81. The van der Waals surface area contributed by atoms with Crippen LogP contribution in [0.25, 0.3) is 0 Å². The lowest BCUT2D eigenvalue weighted by Gasteiger charge is -2.61. The van der Waals surface area contributed by atoms with E-state index in [0.717, 1.165) is 5.57 Å². The van der Waals surface area contributed by atoms with Crippen molar-refractivity contribution in [3.05, 3.63) is 11.6 Å². The lowest BCUT2D eigenvalue weighted by atomic mass is 9.45.